The first-order chi connectivity index (χ1) is 12.2. The summed E-state index contributed by atoms with van der Waals surface area (Å²) < 4.78 is 15.4. The monoisotopic (exact) mass is 339 g/mol. The number of esters is 1. The minimum Gasteiger partial charge on any atom is -0.462 e. The smallest absolute Gasteiger partial charge is 0.338 e. The molecule has 0 fully saturated rings. The van der Waals surface area contributed by atoms with Gasteiger partial charge in [0.05, 0.1) is 12.2 Å². The van der Waals surface area contributed by atoms with E-state index in [1.165, 1.54) is 6.08 Å². The number of carbonyl (C=O) groups excluding carboxylic acids is 2. The summed E-state index contributed by atoms with van der Waals surface area (Å²) in [6.07, 6.45) is 2.98. The summed E-state index contributed by atoms with van der Waals surface area (Å²) in [5.41, 5.74) is 1.75. The van der Waals surface area contributed by atoms with Crippen molar-refractivity contribution in [1.82, 2.24) is 0 Å². The lowest BCUT2D eigenvalue weighted by Gasteiger charge is -2.04. The van der Waals surface area contributed by atoms with Crippen LogP contribution in [0.2, 0.25) is 0 Å². The van der Waals surface area contributed by atoms with Crippen LogP contribution in [0.3, 0.4) is 0 Å². The highest BCUT2D eigenvalue weighted by atomic mass is 16.7. The van der Waals surface area contributed by atoms with Crippen molar-refractivity contribution in [2.24, 2.45) is 0 Å². The number of ketones is 1. The van der Waals surface area contributed by atoms with Crippen molar-refractivity contribution in [3.05, 3.63) is 65.9 Å². The van der Waals surface area contributed by atoms with E-state index in [4.69, 9.17) is 14.2 Å². The van der Waals surface area contributed by atoms with Crippen LogP contribution in [-0.2, 0) is 4.74 Å². The normalized spacial score (nSPS) is 12.2. The Morgan fingerprint density at radius 3 is 2.56 bits per heavy atom. The zero-order valence-electron chi connectivity index (χ0n) is 13.7. The van der Waals surface area contributed by atoms with Crippen molar-refractivity contribution in [1.29, 1.82) is 0 Å². The van der Waals surface area contributed by atoms with Crippen LogP contribution in [0, 0.1) is 0 Å². The van der Waals surface area contributed by atoms with E-state index in [1.807, 2.05) is 0 Å². The molecule has 1 aliphatic heterocycles. The molecule has 0 bridgehead atoms. The molecule has 2 aromatic carbocycles. The minimum atomic E-state index is -0.359. The maximum Gasteiger partial charge on any atom is 0.338 e. The van der Waals surface area contributed by atoms with Crippen LogP contribution in [-0.4, -0.2) is 25.2 Å². The van der Waals surface area contributed by atoms with Crippen LogP contribution < -0.4 is 14.8 Å². The quantitative estimate of drug-likeness (QED) is 0.494. The van der Waals surface area contributed by atoms with E-state index in [2.05, 4.69) is 5.32 Å². The highest BCUT2D eigenvalue weighted by Crippen LogP contribution is 2.32. The molecule has 1 heterocycles. The van der Waals surface area contributed by atoms with Gasteiger partial charge < -0.3 is 19.5 Å². The minimum absolute atomic E-state index is 0.158. The van der Waals surface area contributed by atoms with E-state index in [1.54, 1.807) is 55.6 Å². The molecular weight excluding hydrogens is 322 g/mol. The predicted molar refractivity (Wildman–Crippen MR) is 92.1 cm³/mol. The number of ether oxygens (including phenoxy) is 3. The van der Waals surface area contributed by atoms with Gasteiger partial charge in [-0.3, -0.25) is 4.79 Å². The number of benzene rings is 2. The molecule has 3 rings (SSSR count). The highest BCUT2D eigenvalue weighted by Gasteiger charge is 2.15. The van der Waals surface area contributed by atoms with Crippen LogP contribution in [0.15, 0.2) is 54.7 Å². The lowest BCUT2D eigenvalue weighted by Crippen LogP contribution is -2.04. The van der Waals surface area contributed by atoms with Crippen LogP contribution in [0.4, 0.5) is 5.69 Å². The van der Waals surface area contributed by atoms with E-state index in [0.717, 1.165) is 5.69 Å². The van der Waals surface area contributed by atoms with Gasteiger partial charge in [0.1, 0.15) is 0 Å². The van der Waals surface area contributed by atoms with E-state index >= 15 is 0 Å². The van der Waals surface area contributed by atoms with Gasteiger partial charge in [0, 0.05) is 23.5 Å². The number of rotatable bonds is 6. The van der Waals surface area contributed by atoms with Gasteiger partial charge in [0.15, 0.2) is 17.3 Å². The van der Waals surface area contributed by atoms with Gasteiger partial charge in [0.2, 0.25) is 6.79 Å². The topological polar surface area (TPSA) is 73.9 Å². The number of hydrogen-bond donors (Lipinski definition) is 1. The maximum absolute atomic E-state index is 12.2. The molecule has 0 amide bonds. The Bertz CT molecular complexity index is 811. The molecule has 1 N–H and O–H groups in total. The molecule has 0 saturated carbocycles. The zero-order chi connectivity index (χ0) is 17.6. The molecule has 6 nitrogen and oxygen atoms in total. The van der Waals surface area contributed by atoms with Gasteiger partial charge in [0.25, 0.3) is 0 Å². The van der Waals surface area contributed by atoms with Gasteiger partial charge in [-0.2, -0.15) is 0 Å². The molecule has 0 spiro atoms. The largest absolute Gasteiger partial charge is 0.462 e. The zero-order valence-corrected chi connectivity index (χ0v) is 13.7. The highest BCUT2D eigenvalue weighted by molar-refractivity contribution is 6.05. The van der Waals surface area contributed by atoms with E-state index in [0.29, 0.717) is 29.2 Å². The average Bonchev–Trinajstić information content (AvgIpc) is 3.10. The lowest BCUT2D eigenvalue weighted by atomic mass is 10.1. The molecule has 0 aliphatic carbocycles. The SMILES string of the molecule is CCOC(=O)c1ccc(N/C=C\C(=O)c2ccc3c(c2)OCO3)cc1. The fourth-order valence-electron chi connectivity index (χ4n) is 2.28. The fourth-order valence-corrected chi connectivity index (χ4v) is 2.28. The van der Waals surface area contributed by atoms with Gasteiger partial charge in [-0.1, -0.05) is 0 Å². The predicted octanol–water partition coefficient (Wildman–Crippen LogP) is 3.40. The van der Waals surface area contributed by atoms with E-state index in [9.17, 15) is 9.59 Å². The first kappa shape index (κ1) is 16.6. The standard InChI is InChI=1S/C19H17NO5/c1-2-23-19(22)13-3-6-15(7-4-13)20-10-9-16(21)14-5-8-17-18(11-14)25-12-24-17/h3-11,20H,2,12H2,1H3/b10-9-. The first-order valence-electron chi connectivity index (χ1n) is 7.81. The van der Waals surface area contributed by atoms with Crippen LogP contribution in [0.25, 0.3) is 0 Å². The molecule has 2 aromatic rings. The maximum atomic E-state index is 12.2. The molecular formula is C19H17NO5. The third-order valence-corrected chi connectivity index (χ3v) is 3.54. The Labute approximate surface area is 145 Å². The van der Waals surface area contributed by atoms with Gasteiger partial charge >= 0.3 is 5.97 Å². The summed E-state index contributed by atoms with van der Waals surface area (Å²) in [7, 11) is 0. The summed E-state index contributed by atoms with van der Waals surface area (Å²) in [5.74, 6) is 0.693. The Balaban J connectivity index is 1.59. The number of carbonyl (C=O) groups is 2. The fraction of sp³-hybridized carbons (Fsp3) is 0.158. The van der Waals surface area contributed by atoms with Crippen LogP contribution in [0.5, 0.6) is 11.5 Å². The Hall–Kier alpha value is -3.28. The molecule has 1 aliphatic rings. The second kappa shape index (κ2) is 7.53. The lowest BCUT2D eigenvalue weighted by molar-refractivity contribution is 0.0526. The van der Waals surface area contributed by atoms with Crippen molar-refractivity contribution >= 4 is 17.4 Å². The summed E-state index contributed by atoms with van der Waals surface area (Å²) in [4.78, 5) is 23.7. The molecule has 0 saturated heterocycles. The van der Waals surface area contributed by atoms with Crippen molar-refractivity contribution < 1.29 is 23.8 Å². The third kappa shape index (κ3) is 3.98. The Kier molecular flexibility index (Phi) is 4.99. The second-order valence-corrected chi connectivity index (χ2v) is 5.21. The van der Waals surface area contributed by atoms with Crippen LogP contribution >= 0.6 is 0 Å². The van der Waals surface area contributed by atoms with Crippen molar-refractivity contribution in [3.8, 4) is 11.5 Å². The Morgan fingerprint density at radius 2 is 1.80 bits per heavy atom. The number of fused-ring (bicyclic) bond motifs is 1. The molecule has 128 valence electrons. The number of hydrogen-bond acceptors (Lipinski definition) is 6. The van der Waals surface area contributed by atoms with Crippen LogP contribution in [0.1, 0.15) is 27.6 Å². The van der Waals surface area contributed by atoms with Crippen molar-refractivity contribution in [2.45, 2.75) is 6.92 Å². The molecule has 0 radical (unpaired) electrons. The Morgan fingerprint density at radius 1 is 1.08 bits per heavy atom. The van der Waals surface area contributed by atoms with Gasteiger partial charge in [-0.15, -0.1) is 0 Å². The summed E-state index contributed by atoms with van der Waals surface area (Å²) in [6.45, 7) is 2.27. The number of nitrogens with one attached hydrogen (secondary N) is 1. The molecule has 0 unspecified atom stereocenters. The summed E-state index contributed by atoms with van der Waals surface area (Å²) >= 11 is 0. The van der Waals surface area contributed by atoms with E-state index in [-0.39, 0.29) is 18.5 Å². The number of anilines is 1. The third-order valence-electron chi connectivity index (χ3n) is 3.54. The second-order valence-electron chi connectivity index (χ2n) is 5.21. The molecule has 6 heteroatoms. The van der Waals surface area contributed by atoms with Crippen molar-refractivity contribution in [2.75, 3.05) is 18.7 Å². The first-order valence-corrected chi connectivity index (χ1v) is 7.81. The molecule has 0 atom stereocenters. The number of allylic oxidation sites excluding steroid dienone is 1. The van der Waals surface area contributed by atoms with Crippen molar-refractivity contribution in [3.63, 3.8) is 0 Å². The molecule has 25 heavy (non-hydrogen) atoms. The average molecular weight is 339 g/mol. The summed E-state index contributed by atoms with van der Waals surface area (Å²) in [6, 6.07) is 11.9. The molecule has 0 aromatic heterocycles. The van der Waals surface area contributed by atoms with E-state index < -0.39 is 0 Å². The van der Waals surface area contributed by atoms with Gasteiger partial charge in [-0.25, -0.2) is 4.79 Å². The summed E-state index contributed by atoms with van der Waals surface area (Å²) in [5, 5.41) is 2.99. The van der Waals surface area contributed by atoms with Gasteiger partial charge in [-0.05, 0) is 49.4 Å².